The second kappa shape index (κ2) is 9.01. The lowest BCUT2D eigenvalue weighted by molar-refractivity contribution is -0.126. The first-order valence-corrected chi connectivity index (χ1v) is 11.8. The van der Waals surface area contributed by atoms with Gasteiger partial charge in [0.05, 0.1) is 17.1 Å². The third-order valence-electron chi connectivity index (χ3n) is 5.68. The molecule has 3 heterocycles. The van der Waals surface area contributed by atoms with Crippen LogP contribution >= 0.6 is 22.9 Å². The van der Waals surface area contributed by atoms with Gasteiger partial charge in [-0.15, -0.1) is 11.3 Å². The molecule has 0 atom stereocenters. The van der Waals surface area contributed by atoms with Crippen LogP contribution in [0.25, 0.3) is 10.2 Å². The van der Waals surface area contributed by atoms with Gasteiger partial charge < -0.3 is 10.2 Å². The van der Waals surface area contributed by atoms with Gasteiger partial charge in [-0.2, -0.15) is 5.10 Å². The first-order valence-electron chi connectivity index (χ1n) is 10.6. The summed E-state index contributed by atoms with van der Waals surface area (Å²) in [5.41, 5.74) is 1.90. The molecule has 31 heavy (non-hydrogen) atoms. The standard InChI is InChI=1S/C23H27ClN4O2S/c1-14(2)25-21(29)16-8-10-27(11-9-16)22(30)20-12-18-15(3)26-28(23(18)31-20)13-17-6-4-5-7-19(17)24/h4-7,12,14,16H,8-11,13H2,1-3H3,(H,25,29). The van der Waals surface area contributed by atoms with Crippen molar-refractivity contribution >= 4 is 45.0 Å². The molecule has 1 aliphatic rings. The second-order valence-corrected chi connectivity index (χ2v) is 9.83. The molecule has 1 saturated heterocycles. The molecule has 8 heteroatoms. The van der Waals surface area contributed by atoms with Gasteiger partial charge >= 0.3 is 0 Å². The van der Waals surface area contributed by atoms with Gasteiger partial charge in [-0.3, -0.25) is 14.3 Å². The van der Waals surface area contributed by atoms with Crippen molar-refractivity contribution in [1.82, 2.24) is 20.0 Å². The Morgan fingerprint density at radius 2 is 1.97 bits per heavy atom. The molecule has 0 unspecified atom stereocenters. The molecular weight excluding hydrogens is 432 g/mol. The average Bonchev–Trinajstić information content (AvgIpc) is 3.30. The summed E-state index contributed by atoms with van der Waals surface area (Å²) in [6.07, 6.45) is 1.41. The van der Waals surface area contributed by atoms with Crippen LogP contribution in [0.15, 0.2) is 30.3 Å². The Morgan fingerprint density at radius 1 is 1.26 bits per heavy atom. The fourth-order valence-electron chi connectivity index (χ4n) is 4.02. The third kappa shape index (κ3) is 4.62. The van der Waals surface area contributed by atoms with Gasteiger partial charge in [0.2, 0.25) is 5.91 Å². The highest BCUT2D eigenvalue weighted by molar-refractivity contribution is 7.20. The molecule has 3 aromatic rings. The van der Waals surface area contributed by atoms with Crippen LogP contribution in [-0.4, -0.2) is 45.6 Å². The lowest BCUT2D eigenvalue weighted by atomic mass is 9.95. The Balaban J connectivity index is 1.48. The monoisotopic (exact) mass is 458 g/mol. The lowest BCUT2D eigenvalue weighted by Gasteiger charge is -2.31. The fourth-order valence-corrected chi connectivity index (χ4v) is 5.34. The summed E-state index contributed by atoms with van der Waals surface area (Å²) in [5.74, 6) is 0.118. The highest BCUT2D eigenvalue weighted by Gasteiger charge is 2.29. The van der Waals surface area contributed by atoms with Crippen LogP contribution in [0.3, 0.4) is 0 Å². The van der Waals surface area contributed by atoms with Gasteiger partial charge in [-0.25, -0.2) is 0 Å². The van der Waals surface area contributed by atoms with E-state index >= 15 is 0 Å². The molecule has 164 valence electrons. The van der Waals surface area contributed by atoms with Crippen molar-refractivity contribution in [3.05, 3.63) is 51.5 Å². The predicted molar refractivity (Wildman–Crippen MR) is 125 cm³/mol. The number of fused-ring (bicyclic) bond motifs is 1. The van der Waals surface area contributed by atoms with E-state index in [-0.39, 0.29) is 23.8 Å². The summed E-state index contributed by atoms with van der Waals surface area (Å²) in [7, 11) is 0. The molecule has 1 aromatic carbocycles. The van der Waals surface area contributed by atoms with E-state index in [2.05, 4.69) is 10.4 Å². The summed E-state index contributed by atoms with van der Waals surface area (Å²) >= 11 is 7.80. The van der Waals surface area contributed by atoms with Crippen molar-refractivity contribution in [1.29, 1.82) is 0 Å². The minimum Gasteiger partial charge on any atom is -0.354 e. The molecule has 0 saturated carbocycles. The van der Waals surface area contributed by atoms with E-state index in [1.165, 1.54) is 11.3 Å². The minimum atomic E-state index is -0.0136. The molecule has 6 nitrogen and oxygen atoms in total. The van der Waals surface area contributed by atoms with E-state index in [4.69, 9.17) is 11.6 Å². The summed E-state index contributed by atoms with van der Waals surface area (Å²) < 4.78 is 1.93. The molecule has 2 aromatic heterocycles. The maximum absolute atomic E-state index is 13.1. The van der Waals surface area contributed by atoms with Gasteiger partial charge in [-0.05, 0) is 51.3 Å². The Labute approximate surface area is 191 Å². The van der Waals surface area contributed by atoms with Crippen LogP contribution in [0.4, 0.5) is 0 Å². The molecule has 4 rings (SSSR count). The number of nitrogens with one attached hydrogen (secondary N) is 1. The van der Waals surface area contributed by atoms with Gasteiger partial charge in [0.25, 0.3) is 5.91 Å². The Hall–Kier alpha value is -2.38. The number of nitrogens with zero attached hydrogens (tertiary/aromatic N) is 3. The van der Waals surface area contributed by atoms with Crippen molar-refractivity contribution in [3.8, 4) is 0 Å². The molecular formula is C23H27ClN4O2S. The quantitative estimate of drug-likeness (QED) is 0.612. The summed E-state index contributed by atoms with van der Waals surface area (Å²) in [6, 6.07) is 9.82. The summed E-state index contributed by atoms with van der Waals surface area (Å²) in [5, 5.41) is 9.35. The number of carbonyl (C=O) groups is 2. The largest absolute Gasteiger partial charge is 0.354 e. The van der Waals surface area contributed by atoms with E-state index in [0.29, 0.717) is 42.4 Å². The van der Waals surface area contributed by atoms with Gasteiger partial charge in [0, 0.05) is 35.5 Å². The van der Waals surface area contributed by atoms with Crippen LogP contribution in [-0.2, 0) is 11.3 Å². The maximum atomic E-state index is 13.1. The Morgan fingerprint density at radius 3 is 2.65 bits per heavy atom. The van der Waals surface area contributed by atoms with Crippen molar-refractivity contribution < 1.29 is 9.59 Å². The molecule has 1 N–H and O–H groups in total. The molecule has 0 spiro atoms. The zero-order chi connectivity index (χ0) is 22.1. The number of hydrogen-bond acceptors (Lipinski definition) is 4. The third-order valence-corrected chi connectivity index (χ3v) is 7.19. The number of piperidine rings is 1. The average molecular weight is 459 g/mol. The van der Waals surface area contributed by atoms with Crippen LogP contribution in [0.2, 0.25) is 5.02 Å². The molecule has 2 amide bonds. The summed E-state index contributed by atoms with van der Waals surface area (Å²) in [6.45, 7) is 7.67. The molecule has 0 bridgehead atoms. The van der Waals surface area contributed by atoms with Crippen LogP contribution < -0.4 is 5.32 Å². The topological polar surface area (TPSA) is 67.2 Å². The molecule has 0 aliphatic carbocycles. The van der Waals surface area contributed by atoms with E-state index in [9.17, 15) is 9.59 Å². The minimum absolute atomic E-state index is 0.0136. The zero-order valence-electron chi connectivity index (χ0n) is 18.0. The molecule has 1 aliphatic heterocycles. The first kappa shape index (κ1) is 21.8. The maximum Gasteiger partial charge on any atom is 0.264 e. The number of benzene rings is 1. The highest BCUT2D eigenvalue weighted by Crippen LogP contribution is 2.31. The van der Waals surface area contributed by atoms with Gasteiger partial charge in [0.15, 0.2) is 0 Å². The normalized spacial score (nSPS) is 15.1. The van der Waals surface area contributed by atoms with E-state index in [1.54, 1.807) is 0 Å². The number of rotatable bonds is 5. The first-order chi connectivity index (χ1) is 14.8. The number of likely N-dealkylation sites (tertiary alicyclic amines) is 1. The lowest BCUT2D eigenvalue weighted by Crippen LogP contribution is -2.44. The number of aryl methyl sites for hydroxylation is 1. The van der Waals surface area contributed by atoms with E-state index < -0.39 is 0 Å². The van der Waals surface area contributed by atoms with Gasteiger partial charge in [-0.1, -0.05) is 29.8 Å². The SMILES string of the molecule is Cc1nn(Cc2ccccc2Cl)c2sc(C(=O)N3CCC(C(=O)NC(C)C)CC3)cc12. The van der Waals surface area contributed by atoms with Crippen molar-refractivity contribution in [2.24, 2.45) is 5.92 Å². The number of carbonyl (C=O) groups excluding carboxylic acids is 2. The van der Waals surface area contributed by atoms with Crippen LogP contribution in [0, 0.1) is 12.8 Å². The number of hydrogen-bond donors (Lipinski definition) is 1. The van der Waals surface area contributed by atoms with Crippen molar-refractivity contribution in [2.45, 2.75) is 46.2 Å². The summed E-state index contributed by atoms with van der Waals surface area (Å²) in [4.78, 5) is 29.0. The van der Waals surface area contributed by atoms with Crippen LogP contribution in [0.1, 0.15) is 47.6 Å². The Kier molecular flexibility index (Phi) is 6.34. The molecule has 1 fully saturated rings. The van der Waals surface area contributed by atoms with Gasteiger partial charge in [0.1, 0.15) is 4.83 Å². The van der Waals surface area contributed by atoms with E-state index in [0.717, 1.165) is 21.5 Å². The Bertz CT molecular complexity index is 1110. The van der Waals surface area contributed by atoms with E-state index in [1.807, 2.05) is 60.7 Å². The number of halogens is 1. The number of amides is 2. The van der Waals surface area contributed by atoms with Crippen LogP contribution in [0.5, 0.6) is 0 Å². The number of aromatic nitrogens is 2. The number of thiophene rings is 1. The smallest absolute Gasteiger partial charge is 0.264 e. The zero-order valence-corrected chi connectivity index (χ0v) is 19.6. The van der Waals surface area contributed by atoms with Crippen molar-refractivity contribution in [3.63, 3.8) is 0 Å². The van der Waals surface area contributed by atoms with Crippen molar-refractivity contribution in [2.75, 3.05) is 13.1 Å². The fraction of sp³-hybridized carbons (Fsp3) is 0.435. The predicted octanol–water partition coefficient (Wildman–Crippen LogP) is 4.48. The highest BCUT2D eigenvalue weighted by atomic mass is 35.5. The second-order valence-electron chi connectivity index (χ2n) is 8.39. The molecule has 0 radical (unpaired) electrons.